The SMILES string of the molecule is CCOC(=O)/C=C/CNC1CCOC(CC)(CC)C1. The highest BCUT2D eigenvalue weighted by Gasteiger charge is 2.33. The summed E-state index contributed by atoms with van der Waals surface area (Å²) in [5.41, 5.74) is 0.0424. The second-order valence-electron chi connectivity index (χ2n) is 4.99. The average molecular weight is 269 g/mol. The van der Waals surface area contributed by atoms with Gasteiger partial charge < -0.3 is 14.8 Å². The van der Waals surface area contributed by atoms with Crippen LogP contribution in [-0.2, 0) is 14.3 Å². The first-order chi connectivity index (χ1) is 9.15. The second-order valence-corrected chi connectivity index (χ2v) is 4.99. The molecule has 0 spiro atoms. The van der Waals surface area contributed by atoms with E-state index in [1.54, 1.807) is 6.92 Å². The molecule has 1 aliphatic heterocycles. The van der Waals surface area contributed by atoms with Crippen LogP contribution in [0.25, 0.3) is 0 Å². The molecule has 1 saturated heterocycles. The van der Waals surface area contributed by atoms with Gasteiger partial charge in [-0.2, -0.15) is 0 Å². The van der Waals surface area contributed by atoms with E-state index in [-0.39, 0.29) is 11.6 Å². The fourth-order valence-electron chi connectivity index (χ4n) is 2.52. The Labute approximate surface area is 116 Å². The van der Waals surface area contributed by atoms with Crippen LogP contribution in [0.3, 0.4) is 0 Å². The first-order valence-electron chi connectivity index (χ1n) is 7.36. The van der Waals surface area contributed by atoms with Gasteiger partial charge in [0.25, 0.3) is 0 Å². The van der Waals surface area contributed by atoms with Gasteiger partial charge in [0.05, 0.1) is 12.2 Å². The van der Waals surface area contributed by atoms with Crippen molar-refractivity contribution in [3.05, 3.63) is 12.2 Å². The van der Waals surface area contributed by atoms with Crippen molar-refractivity contribution in [2.45, 2.75) is 58.1 Å². The molecular formula is C15H27NO3. The molecule has 1 aliphatic rings. The zero-order chi connectivity index (χ0) is 14.1. The molecule has 1 fully saturated rings. The Morgan fingerprint density at radius 2 is 2.16 bits per heavy atom. The number of carbonyl (C=O) groups is 1. The monoisotopic (exact) mass is 269 g/mol. The molecule has 4 nitrogen and oxygen atoms in total. The molecule has 110 valence electrons. The van der Waals surface area contributed by atoms with Crippen molar-refractivity contribution < 1.29 is 14.3 Å². The lowest BCUT2D eigenvalue weighted by Crippen LogP contribution is -2.46. The van der Waals surface area contributed by atoms with Crippen molar-refractivity contribution >= 4 is 5.97 Å². The third kappa shape index (κ3) is 5.33. The van der Waals surface area contributed by atoms with Crippen LogP contribution in [-0.4, -0.2) is 37.4 Å². The topological polar surface area (TPSA) is 47.6 Å². The minimum atomic E-state index is -0.271. The van der Waals surface area contributed by atoms with E-state index in [0.717, 1.165) is 32.3 Å². The van der Waals surface area contributed by atoms with Crippen LogP contribution >= 0.6 is 0 Å². The summed E-state index contributed by atoms with van der Waals surface area (Å²) in [6.07, 6.45) is 7.51. The first-order valence-corrected chi connectivity index (χ1v) is 7.36. The van der Waals surface area contributed by atoms with Crippen molar-refractivity contribution in [2.75, 3.05) is 19.8 Å². The molecule has 0 amide bonds. The van der Waals surface area contributed by atoms with Crippen molar-refractivity contribution in [1.82, 2.24) is 5.32 Å². The van der Waals surface area contributed by atoms with Crippen LogP contribution in [0.2, 0.25) is 0 Å². The lowest BCUT2D eigenvalue weighted by Gasteiger charge is -2.40. The number of esters is 1. The Morgan fingerprint density at radius 3 is 2.79 bits per heavy atom. The number of nitrogens with one attached hydrogen (secondary N) is 1. The number of hydrogen-bond donors (Lipinski definition) is 1. The Hall–Kier alpha value is -0.870. The summed E-state index contributed by atoms with van der Waals surface area (Å²) >= 11 is 0. The molecule has 0 aliphatic carbocycles. The molecule has 0 aromatic rings. The molecule has 1 heterocycles. The second kappa shape index (κ2) is 8.33. The highest BCUT2D eigenvalue weighted by molar-refractivity contribution is 5.81. The molecule has 0 aromatic carbocycles. The third-order valence-electron chi connectivity index (χ3n) is 3.85. The standard InChI is InChI=1S/C15H27NO3/c1-4-15(5-2)12-13(9-11-19-15)16-10-7-8-14(17)18-6-3/h7-8,13,16H,4-6,9-12H2,1-3H3/b8-7+. The van der Waals surface area contributed by atoms with Crippen molar-refractivity contribution in [3.63, 3.8) is 0 Å². The highest BCUT2D eigenvalue weighted by Crippen LogP contribution is 2.31. The predicted molar refractivity (Wildman–Crippen MR) is 76.1 cm³/mol. The van der Waals surface area contributed by atoms with Gasteiger partial charge in [0.15, 0.2) is 0 Å². The molecule has 1 rings (SSSR count). The van der Waals surface area contributed by atoms with Crippen LogP contribution in [0.4, 0.5) is 0 Å². The molecule has 1 N–H and O–H groups in total. The summed E-state index contributed by atoms with van der Waals surface area (Å²) in [7, 11) is 0. The van der Waals surface area contributed by atoms with E-state index >= 15 is 0 Å². The largest absolute Gasteiger partial charge is 0.463 e. The summed E-state index contributed by atoms with van der Waals surface area (Å²) in [6, 6.07) is 0.473. The Morgan fingerprint density at radius 1 is 1.42 bits per heavy atom. The number of carbonyl (C=O) groups excluding carboxylic acids is 1. The smallest absolute Gasteiger partial charge is 0.330 e. The van der Waals surface area contributed by atoms with Crippen molar-refractivity contribution in [1.29, 1.82) is 0 Å². The van der Waals surface area contributed by atoms with Gasteiger partial charge in [-0.1, -0.05) is 19.9 Å². The van der Waals surface area contributed by atoms with Crippen molar-refractivity contribution in [3.8, 4) is 0 Å². The normalized spacial score (nSPS) is 22.6. The van der Waals surface area contributed by atoms with Gasteiger partial charge in [-0.3, -0.25) is 0 Å². The lowest BCUT2D eigenvalue weighted by atomic mass is 9.86. The molecule has 1 unspecified atom stereocenters. The molecule has 4 heteroatoms. The zero-order valence-electron chi connectivity index (χ0n) is 12.4. The maximum atomic E-state index is 11.1. The Balaban J connectivity index is 2.31. The quantitative estimate of drug-likeness (QED) is 0.569. The highest BCUT2D eigenvalue weighted by atomic mass is 16.5. The average Bonchev–Trinajstić information content (AvgIpc) is 2.44. The lowest BCUT2D eigenvalue weighted by molar-refractivity contribution is -0.137. The third-order valence-corrected chi connectivity index (χ3v) is 3.85. The minimum Gasteiger partial charge on any atom is -0.463 e. The number of hydrogen-bond acceptors (Lipinski definition) is 4. The fraction of sp³-hybridized carbons (Fsp3) is 0.800. The van der Waals surface area contributed by atoms with E-state index in [0.29, 0.717) is 19.2 Å². The summed E-state index contributed by atoms with van der Waals surface area (Å²) in [5, 5.41) is 3.47. The minimum absolute atomic E-state index is 0.0424. The molecule has 0 radical (unpaired) electrons. The van der Waals surface area contributed by atoms with Gasteiger partial charge in [0, 0.05) is 25.3 Å². The molecular weight excluding hydrogens is 242 g/mol. The van der Waals surface area contributed by atoms with E-state index in [1.165, 1.54) is 6.08 Å². The first kappa shape index (κ1) is 16.2. The molecule has 19 heavy (non-hydrogen) atoms. The van der Waals surface area contributed by atoms with E-state index in [9.17, 15) is 4.79 Å². The van der Waals surface area contributed by atoms with Gasteiger partial charge in [-0.15, -0.1) is 0 Å². The molecule has 0 bridgehead atoms. The van der Waals surface area contributed by atoms with E-state index < -0.39 is 0 Å². The van der Waals surface area contributed by atoms with Gasteiger partial charge >= 0.3 is 5.97 Å². The molecule has 0 saturated carbocycles. The van der Waals surface area contributed by atoms with E-state index in [4.69, 9.17) is 9.47 Å². The van der Waals surface area contributed by atoms with E-state index in [1.807, 2.05) is 6.08 Å². The molecule has 0 aromatic heterocycles. The van der Waals surface area contributed by atoms with Gasteiger partial charge in [-0.05, 0) is 32.6 Å². The van der Waals surface area contributed by atoms with E-state index in [2.05, 4.69) is 19.2 Å². The summed E-state index contributed by atoms with van der Waals surface area (Å²) < 4.78 is 10.8. The number of rotatable bonds is 7. The Kier molecular flexibility index (Phi) is 7.10. The van der Waals surface area contributed by atoms with Crippen LogP contribution < -0.4 is 5.32 Å². The van der Waals surface area contributed by atoms with Crippen LogP contribution in [0.1, 0.15) is 46.5 Å². The van der Waals surface area contributed by atoms with Gasteiger partial charge in [-0.25, -0.2) is 4.79 Å². The van der Waals surface area contributed by atoms with Gasteiger partial charge in [0.2, 0.25) is 0 Å². The summed E-state index contributed by atoms with van der Waals surface area (Å²) in [5.74, 6) is -0.271. The summed E-state index contributed by atoms with van der Waals surface area (Å²) in [4.78, 5) is 11.1. The van der Waals surface area contributed by atoms with Crippen molar-refractivity contribution in [2.24, 2.45) is 0 Å². The number of ether oxygens (including phenoxy) is 2. The summed E-state index contributed by atoms with van der Waals surface area (Å²) in [6.45, 7) is 8.13. The predicted octanol–water partition coefficient (Wildman–Crippen LogP) is 2.43. The zero-order valence-corrected chi connectivity index (χ0v) is 12.4. The van der Waals surface area contributed by atoms with Crippen LogP contribution in [0, 0.1) is 0 Å². The fourth-order valence-corrected chi connectivity index (χ4v) is 2.52. The van der Waals surface area contributed by atoms with Gasteiger partial charge in [0.1, 0.15) is 0 Å². The maximum Gasteiger partial charge on any atom is 0.330 e. The van der Waals surface area contributed by atoms with Crippen LogP contribution in [0.15, 0.2) is 12.2 Å². The van der Waals surface area contributed by atoms with Crippen LogP contribution in [0.5, 0.6) is 0 Å². The molecule has 1 atom stereocenters. The maximum absolute atomic E-state index is 11.1. The Bertz CT molecular complexity index is 298.